The third-order valence-electron chi connectivity index (χ3n) is 0. The molecule has 0 unspecified atom stereocenters. The van der Waals surface area contributed by atoms with Crippen molar-refractivity contribution in [3.8, 4) is 0 Å². The summed E-state index contributed by atoms with van der Waals surface area (Å²) in [5.41, 5.74) is 0. The summed E-state index contributed by atoms with van der Waals surface area (Å²) >= 11 is 0. The second-order valence-electron chi connectivity index (χ2n) is 2.30. The van der Waals surface area contributed by atoms with E-state index in [1.54, 1.807) is 41.5 Å². The smallest absolute Gasteiger partial charge is 0.855 e. The van der Waals surface area contributed by atoms with Gasteiger partial charge >= 0.3 is 59.1 Å². The Morgan fingerprint density at radius 2 is 0.778 bits per heavy atom. The van der Waals surface area contributed by atoms with Gasteiger partial charge in [-0.2, -0.15) is 0 Å². The van der Waals surface area contributed by atoms with E-state index in [-0.39, 0.29) is 91.6 Å². The zero-order valence-electron chi connectivity index (χ0n) is 13.6. The van der Waals surface area contributed by atoms with Crippen molar-refractivity contribution in [1.82, 2.24) is 0 Å². The predicted octanol–water partition coefficient (Wildman–Crippen LogP) is -6.87. The number of rotatable bonds is 0. The van der Waals surface area contributed by atoms with Gasteiger partial charge in [-0.15, -0.1) is 13.2 Å². The maximum atomic E-state index is 8.93. The van der Waals surface area contributed by atoms with Crippen LogP contribution in [0.25, 0.3) is 0 Å². The van der Waals surface area contributed by atoms with Crippen LogP contribution in [-0.4, -0.2) is 47.9 Å². The number of aliphatic hydroxyl groups is 3. The molecule has 0 aliphatic heterocycles. The minimum absolute atomic E-state index is 0. The molecule has 106 valence electrons. The fourth-order valence-electron chi connectivity index (χ4n) is 0. The van der Waals surface area contributed by atoms with Gasteiger partial charge in [0, 0.05) is 19.3 Å². The summed E-state index contributed by atoms with van der Waals surface area (Å²) in [5.74, 6) is 0. The second kappa shape index (κ2) is 76.9. The molecule has 0 aliphatic carbocycles. The van der Waals surface area contributed by atoms with Crippen LogP contribution >= 0.6 is 0 Å². The van der Waals surface area contributed by atoms with Crippen LogP contribution in [0.15, 0.2) is 0 Å². The summed E-state index contributed by atoms with van der Waals surface area (Å²) in [7, 11) is 0. The molecule has 7 heteroatoms. The van der Waals surface area contributed by atoms with Gasteiger partial charge in [0.2, 0.25) is 0 Å². The zero-order valence-corrected chi connectivity index (χ0v) is 17.6. The Labute approximate surface area is 157 Å². The molecule has 0 atom stereocenters. The normalized spacial score (nSPS) is 6.00. The molecule has 0 radical (unpaired) electrons. The van der Waals surface area contributed by atoms with E-state index in [9.17, 15) is 0 Å². The second-order valence-corrected chi connectivity index (χ2v) is 2.30. The Hall–Kier alpha value is 1.80. The topological polar surface area (TPSA) is 107 Å². The van der Waals surface area contributed by atoms with Crippen molar-refractivity contribution in [2.75, 3.05) is 26.4 Å². The Bertz CT molecular complexity index is 49.9. The molecule has 18 heavy (non-hydrogen) atoms. The molecule has 0 rings (SSSR count). The van der Waals surface area contributed by atoms with E-state index >= 15 is 0 Å². The molecule has 0 fully saturated rings. The molecule has 5 nitrogen and oxygen atoms in total. The van der Waals surface area contributed by atoms with Crippen molar-refractivity contribution in [3.63, 3.8) is 0 Å². The Morgan fingerprint density at radius 3 is 0.778 bits per heavy atom. The fourth-order valence-corrected chi connectivity index (χ4v) is 0. The van der Waals surface area contributed by atoms with Crippen LogP contribution in [0, 0.1) is 0 Å². The van der Waals surface area contributed by atoms with Gasteiger partial charge in [-0.1, -0.05) is 13.8 Å². The van der Waals surface area contributed by atoms with Crippen LogP contribution in [0.2, 0.25) is 0 Å². The summed E-state index contributed by atoms with van der Waals surface area (Å²) in [6.07, 6.45) is -0.167. The van der Waals surface area contributed by atoms with Gasteiger partial charge in [0.05, 0.1) is 0 Å². The summed E-state index contributed by atoms with van der Waals surface area (Å²) in [6, 6.07) is 0. The molecule has 0 aromatic rings. The first kappa shape index (κ1) is 42.7. The van der Waals surface area contributed by atoms with Crippen LogP contribution in [0.1, 0.15) is 41.5 Å². The van der Waals surface area contributed by atoms with Gasteiger partial charge in [0.1, 0.15) is 0 Å². The zero-order chi connectivity index (χ0) is 14.4. The molecular weight excluding hydrogens is 258 g/mol. The third-order valence-corrected chi connectivity index (χ3v) is 0. The van der Waals surface area contributed by atoms with Gasteiger partial charge in [-0.3, -0.25) is 0 Å². The molecular formula is C11H30Na2O5. The molecule has 0 spiro atoms. The van der Waals surface area contributed by atoms with Gasteiger partial charge in [-0.05, 0) is 27.7 Å². The van der Waals surface area contributed by atoms with E-state index in [0.29, 0.717) is 0 Å². The van der Waals surface area contributed by atoms with Crippen LogP contribution in [0.4, 0.5) is 0 Å². The third kappa shape index (κ3) is 1550. The van der Waals surface area contributed by atoms with Gasteiger partial charge in [-0.25, -0.2) is 0 Å². The molecule has 0 saturated heterocycles. The van der Waals surface area contributed by atoms with Crippen molar-refractivity contribution in [1.29, 1.82) is 0 Å². The largest absolute Gasteiger partial charge is 1.00 e. The van der Waals surface area contributed by atoms with Crippen molar-refractivity contribution in [3.05, 3.63) is 0 Å². The van der Waals surface area contributed by atoms with E-state index < -0.39 is 0 Å². The molecule has 0 heterocycles. The van der Waals surface area contributed by atoms with Crippen LogP contribution < -0.4 is 69.3 Å². The molecule has 3 N–H and O–H groups in total. The van der Waals surface area contributed by atoms with Crippen LogP contribution in [0.5, 0.6) is 0 Å². The number of hydrogen-bond acceptors (Lipinski definition) is 5. The molecule has 0 aromatic heterocycles. The molecule has 0 bridgehead atoms. The summed E-state index contributed by atoms with van der Waals surface area (Å²) < 4.78 is 0. The van der Waals surface area contributed by atoms with Crippen molar-refractivity contribution in [2.45, 2.75) is 47.6 Å². The van der Waals surface area contributed by atoms with Crippen molar-refractivity contribution < 1.29 is 84.6 Å². The maximum Gasteiger partial charge on any atom is 1.00 e. The van der Waals surface area contributed by atoms with Crippen molar-refractivity contribution in [2.24, 2.45) is 0 Å². The fraction of sp³-hybridized carbons (Fsp3) is 1.00. The van der Waals surface area contributed by atoms with E-state index in [1.165, 1.54) is 0 Å². The average molecular weight is 288 g/mol. The summed E-state index contributed by atoms with van der Waals surface area (Å²) in [5, 5.41) is 41.1. The minimum atomic E-state index is -0.167. The first-order valence-corrected chi connectivity index (χ1v) is 5.45. The van der Waals surface area contributed by atoms with E-state index in [2.05, 4.69) is 0 Å². The minimum Gasteiger partial charge on any atom is -0.855 e. The quantitative estimate of drug-likeness (QED) is 0.384. The summed E-state index contributed by atoms with van der Waals surface area (Å²) in [6.45, 7) is 10.4. The van der Waals surface area contributed by atoms with E-state index in [4.69, 9.17) is 25.5 Å². The Balaban J connectivity index is -0.0000000164. The molecule has 0 saturated carbocycles. The standard InChI is InChI=1S/C3H8O.2C2H6O.2C2H5O.2Na/c1-3(2)4;4*1-2-3;;/h3-4H,1-2H3;2*3H,2H2,1H3;2*2H2,1H3;;/q;;;2*-1;2*+1. The first-order valence-electron chi connectivity index (χ1n) is 5.45. The van der Waals surface area contributed by atoms with Gasteiger partial charge in [0.25, 0.3) is 0 Å². The van der Waals surface area contributed by atoms with E-state index in [0.717, 1.165) is 0 Å². The van der Waals surface area contributed by atoms with Gasteiger partial charge < -0.3 is 25.5 Å². The predicted molar refractivity (Wildman–Crippen MR) is 64.0 cm³/mol. The summed E-state index contributed by atoms with van der Waals surface area (Å²) in [4.78, 5) is 0. The Morgan fingerprint density at radius 1 is 0.778 bits per heavy atom. The maximum absolute atomic E-state index is 8.93. The number of hydrogen-bond donors (Lipinski definition) is 3. The monoisotopic (exact) mass is 288 g/mol. The SMILES string of the molecule is CC(C)O.CCO.CCO.CC[O-].CC[O-].[Na+].[Na+]. The molecule has 0 amide bonds. The van der Waals surface area contributed by atoms with Crippen LogP contribution in [-0.2, 0) is 0 Å². The Kier molecular flexibility index (Phi) is 183. The van der Waals surface area contributed by atoms with Crippen molar-refractivity contribution >= 4 is 0 Å². The van der Waals surface area contributed by atoms with Crippen LogP contribution in [0.3, 0.4) is 0 Å². The molecule has 0 aromatic carbocycles. The molecule has 0 aliphatic rings. The van der Waals surface area contributed by atoms with Gasteiger partial charge in [0.15, 0.2) is 0 Å². The average Bonchev–Trinajstić information content (AvgIpc) is 2.06. The number of aliphatic hydroxyl groups excluding tert-OH is 3. The first-order chi connectivity index (χ1) is 7.39. The van der Waals surface area contributed by atoms with E-state index in [1.807, 2.05) is 0 Å².